The summed E-state index contributed by atoms with van der Waals surface area (Å²) < 4.78 is 4.64. The molecule has 2 rings (SSSR count). The number of nitrogens with one attached hydrogen (secondary N) is 1. The van der Waals surface area contributed by atoms with Crippen LogP contribution in [0.2, 0.25) is 10.0 Å². The lowest BCUT2D eigenvalue weighted by atomic mass is 10.1. The van der Waals surface area contributed by atoms with Crippen molar-refractivity contribution in [1.29, 1.82) is 0 Å². The molecule has 0 heterocycles. The van der Waals surface area contributed by atoms with Crippen LogP contribution in [0.15, 0.2) is 42.5 Å². The van der Waals surface area contributed by atoms with E-state index >= 15 is 0 Å². The Morgan fingerprint density at radius 2 is 1.67 bits per heavy atom. The number of halogens is 3. The zero-order valence-corrected chi connectivity index (χ0v) is 14.6. The fourth-order valence-electron chi connectivity index (χ4n) is 1.90. The minimum Gasteiger partial charge on any atom is -0.479 e. The van der Waals surface area contributed by atoms with Gasteiger partial charge in [-0.25, -0.2) is 4.79 Å². The zero-order chi connectivity index (χ0) is 16.8. The third kappa shape index (κ3) is 5.60. The molecule has 5 nitrogen and oxygen atoms in total. The van der Waals surface area contributed by atoms with E-state index in [-0.39, 0.29) is 18.8 Å². The number of anilines is 2. The van der Waals surface area contributed by atoms with Crippen LogP contribution in [0, 0.1) is 0 Å². The van der Waals surface area contributed by atoms with Crippen molar-refractivity contribution in [3.05, 3.63) is 58.1 Å². The van der Waals surface area contributed by atoms with Gasteiger partial charge in [0.1, 0.15) is 0 Å². The highest BCUT2D eigenvalue weighted by Crippen LogP contribution is 2.33. The van der Waals surface area contributed by atoms with Crippen molar-refractivity contribution in [2.45, 2.75) is 6.42 Å². The van der Waals surface area contributed by atoms with E-state index in [9.17, 15) is 9.59 Å². The largest absolute Gasteiger partial charge is 0.479 e. The van der Waals surface area contributed by atoms with E-state index in [0.717, 1.165) is 0 Å². The molecule has 8 heteroatoms. The van der Waals surface area contributed by atoms with Crippen LogP contribution in [-0.4, -0.2) is 23.7 Å². The van der Waals surface area contributed by atoms with Crippen LogP contribution in [0.1, 0.15) is 5.56 Å². The molecule has 0 fully saturated rings. The molecule has 0 aliphatic heterocycles. The van der Waals surface area contributed by atoms with Gasteiger partial charge in [0.2, 0.25) is 0 Å². The molecule has 2 N–H and O–H groups in total. The first-order valence-corrected chi connectivity index (χ1v) is 7.39. The Bertz CT molecular complexity index is 717. The van der Waals surface area contributed by atoms with E-state index in [2.05, 4.69) is 10.1 Å². The van der Waals surface area contributed by atoms with Gasteiger partial charge in [-0.15, -0.1) is 12.4 Å². The first-order valence-electron chi connectivity index (χ1n) is 6.63. The lowest BCUT2D eigenvalue weighted by Gasteiger charge is -2.14. The predicted molar refractivity (Wildman–Crippen MR) is 95.7 cm³/mol. The lowest BCUT2D eigenvalue weighted by Crippen LogP contribution is -2.15. The Kier molecular flexibility index (Phi) is 7.85. The van der Waals surface area contributed by atoms with Gasteiger partial charge in [0.05, 0.1) is 22.2 Å². The van der Waals surface area contributed by atoms with E-state index in [1.54, 1.807) is 42.5 Å². The summed E-state index contributed by atoms with van der Waals surface area (Å²) in [4.78, 5) is 22.1. The maximum absolute atomic E-state index is 11.7. The number of hydrogen-bond donors (Lipinski definition) is 2. The van der Waals surface area contributed by atoms with Crippen molar-refractivity contribution < 1.29 is 19.4 Å². The van der Waals surface area contributed by atoms with E-state index in [1.807, 2.05) is 0 Å². The van der Waals surface area contributed by atoms with Crippen LogP contribution >= 0.6 is 35.6 Å². The second-order valence-corrected chi connectivity index (χ2v) is 5.42. The zero-order valence-electron chi connectivity index (χ0n) is 12.3. The maximum atomic E-state index is 11.7. The Morgan fingerprint density at radius 1 is 1.04 bits per heavy atom. The number of esters is 1. The van der Waals surface area contributed by atoms with Crippen LogP contribution < -0.4 is 5.32 Å². The molecule has 128 valence electrons. The van der Waals surface area contributed by atoms with Gasteiger partial charge in [0.15, 0.2) is 6.61 Å². The van der Waals surface area contributed by atoms with Crippen LogP contribution in [0.25, 0.3) is 0 Å². The number of carbonyl (C=O) groups excluding carboxylic acids is 1. The van der Waals surface area contributed by atoms with Crippen LogP contribution in [0.4, 0.5) is 11.4 Å². The number of aliphatic carboxylic acids is 1. The molecule has 0 amide bonds. The number of hydrogen-bond acceptors (Lipinski definition) is 4. The molecule has 0 saturated heterocycles. The summed E-state index contributed by atoms with van der Waals surface area (Å²) in [5, 5.41) is 12.5. The van der Waals surface area contributed by atoms with Gasteiger partial charge in [-0.2, -0.15) is 0 Å². The summed E-state index contributed by atoms with van der Waals surface area (Å²) in [6.45, 7) is -0.662. The van der Waals surface area contributed by atoms with Gasteiger partial charge in [-0.3, -0.25) is 4.79 Å². The minimum atomic E-state index is -1.20. The molecule has 2 aromatic carbocycles. The van der Waals surface area contributed by atoms with E-state index in [0.29, 0.717) is 27.0 Å². The molecule has 0 unspecified atom stereocenters. The third-order valence-corrected chi connectivity index (χ3v) is 3.56. The average molecular weight is 391 g/mol. The van der Waals surface area contributed by atoms with Gasteiger partial charge in [-0.1, -0.05) is 47.5 Å². The van der Waals surface area contributed by atoms with Crippen molar-refractivity contribution in [2.24, 2.45) is 0 Å². The van der Waals surface area contributed by atoms with Crippen molar-refractivity contribution in [3.8, 4) is 0 Å². The van der Waals surface area contributed by atoms with Crippen LogP contribution in [-0.2, 0) is 20.7 Å². The van der Waals surface area contributed by atoms with Gasteiger partial charge >= 0.3 is 11.9 Å². The molecule has 0 spiro atoms. The number of rotatable bonds is 6. The fraction of sp³-hybridized carbons (Fsp3) is 0.125. The van der Waals surface area contributed by atoms with Crippen molar-refractivity contribution in [2.75, 3.05) is 11.9 Å². The van der Waals surface area contributed by atoms with Gasteiger partial charge in [0.25, 0.3) is 0 Å². The minimum absolute atomic E-state index is 0. The SMILES string of the molecule is Cl.O=C(O)COC(=O)Cc1ccccc1Nc1c(Cl)cccc1Cl. The molecule has 0 atom stereocenters. The van der Waals surface area contributed by atoms with Crippen LogP contribution in [0.5, 0.6) is 0 Å². The highest BCUT2D eigenvalue weighted by Gasteiger charge is 2.12. The third-order valence-electron chi connectivity index (χ3n) is 2.93. The fourth-order valence-corrected chi connectivity index (χ4v) is 2.39. The summed E-state index contributed by atoms with van der Waals surface area (Å²) in [5.74, 6) is -1.83. The molecule has 0 aromatic heterocycles. The summed E-state index contributed by atoms with van der Waals surface area (Å²) in [6.07, 6.45) is -0.0709. The van der Waals surface area contributed by atoms with Gasteiger partial charge in [0, 0.05) is 5.69 Å². The van der Waals surface area contributed by atoms with Crippen molar-refractivity contribution in [1.82, 2.24) is 0 Å². The normalized spacial score (nSPS) is 9.75. The number of para-hydroxylation sites is 2. The van der Waals surface area contributed by atoms with Gasteiger partial charge < -0.3 is 15.2 Å². The summed E-state index contributed by atoms with van der Waals surface area (Å²) in [6, 6.07) is 12.2. The van der Waals surface area contributed by atoms with Gasteiger partial charge in [-0.05, 0) is 23.8 Å². The topological polar surface area (TPSA) is 75.6 Å². The Labute approximate surface area is 154 Å². The monoisotopic (exact) mass is 389 g/mol. The molecule has 0 radical (unpaired) electrons. The molecule has 0 saturated carbocycles. The Balaban J connectivity index is 0.00000288. The number of carboxylic acids is 1. The second-order valence-electron chi connectivity index (χ2n) is 4.61. The highest BCUT2D eigenvalue weighted by molar-refractivity contribution is 6.39. The van der Waals surface area contributed by atoms with E-state index in [1.165, 1.54) is 0 Å². The lowest BCUT2D eigenvalue weighted by molar-refractivity contribution is -0.154. The summed E-state index contributed by atoms with van der Waals surface area (Å²) >= 11 is 12.2. The molecule has 0 bridgehead atoms. The average Bonchev–Trinajstić information content (AvgIpc) is 2.50. The number of benzene rings is 2. The predicted octanol–water partition coefficient (Wildman–Crippen LogP) is 4.33. The van der Waals surface area contributed by atoms with Crippen molar-refractivity contribution in [3.63, 3.8) is 0 Å². The first-order chi connectivity index (χ1) is 11.0. The number of ether oxygens (including phenoxy) is 1. The van der Waals surface area contributed by atoms with Crippen LogP contribution in [0.3, 0.4) is 0 Å². The smallest absolute Gasteiger partial charge is 0.341 e. The molecule has 2 aromatic rings. The molecule has 24 heavy (non-hydrogen) atoms. The standard InChI is InChI=1S/C16H13Cl2NO4.ClH/c17-11-5-3-6-12(18)16(11)19-13-7-2-1-4-10(13)8-15(22)23-9-14(20)21;/h1-7,19H,8-9H2,(H,20,21);1H. The Morgan fingerprint density at radius 3 is 2.29 bits per heavy atom. The van der Waals surface area contributed by atoms with E-state index in [4.69, 9.17) is 28.3 Å². The summed E-state index contributed by atoms with van der Waals surface area (Å²) in [5.41, 5.74) is 1.80. The molecular formula is C16H14Cl3NO4. The summed E-state index contributed by atoms with van der Waals surface area (Å²) in [7, 11) is 0. The molecular weight excluding hydrogens is 377 g/mol. The Hall–Kier alpha value is -1.95. The second kappa shape index (κ2) is 9.37. The number of carboxylic acid groups (broad SMARTS) is 1. The highest BCUT2D eigenvalue weighted by atomic mass is 35.5. The molecule has 0 aliphatic rings. The van der Waals surface area contributed by atoms with E-state index < -0.39 is 18.5 Å². The first kappa shape index (κ1) is 20.1. The number of carbonyl (C=O) groups is 2. The maximum Gasteiger partial charge on any atom is 0.341 e. The molecule has 0 aliphatic carbocycles. The quantitative estimate of drug-likeness (QED) is 0.718. The van der Waals surface area contributed by atoms with Crippen molar-refractivity contribution >= 4 is 58.9 Å².